The highest BCUT2D eigenvalue weighted by molar-refractivity contribution is 6.04. The summed E-state index contributed by atoms with van der Waals surface area (Å²) in [5.74, 6) is 0.789. The number of halogens is 1. The van der Waals surface area contributed by atoms with Gasteiger partial charge in [0.1, 0.15) is 11.6 Å². The van der Waals surface area contributed by atoms with E-state index >= 15 is 0 Å². The lowest BCUT2D eigenvalue weighted by atomic mass is 10.1. The molecule has 4 aromatic rings. The van der Waals surface area contributed by atoms with Gasteiger partial charge < -0.3 is 20.9 Å². The lowest BCUT2D eigenvalue weighted by Gasteiger charge is -2.34. The van der Waals surface area contributed by atoms with Crippen LogP contribution in [0, 0.1) is 12.7 Å². The number of amides is 2. The predicted molar refractivity (Wildman–Crippen MR) is 164 cm³/mol. The Morgan fingerprint density at radius 2 is 1.64 bits per heavy atom. The molecule has 0 spiro atoms. The van der Waals surface area contributed by atoms with Gasteiger partial charge in [-0.15, -0.1) is 0 Å². The maximum Gasteiger partial charge on any atom is 0.255 e. The number of carbonyl (C=O) groups is 2. The Bertz CT molecular complexity index is 1550. The number of hydrogen-bond acceptors (Lipinski definition) is 7. The first-order valence-corrected chi connectivity index (χ1v) is 14.2. The zero-order valence-electron chi connectivity index (χ0n) is 24.2. The van der Waals surface area contributed by atoms with Crippen LogP contribution in [0.5, 0.6) is 0 Å². The van der Waals surface area contributed by atoms with Gasteiger partial charge in [0.15, 0.2) is 0 Å². The monoisotopic (exact) mass is 569 g/mol. The number of anilines is 3. The zero-order valence-corrected chi connectivity index (χ0v) is 24.2. The molecule has 0 bridgehead atoms. The van der Waals surface area contributed by atoms with Crippen LogP contribution in [0.15, 0.2) is 66.7 Å². The number of nitrogens with zero attached hydrogens (tertiary/aromatic N) is 4. The lowest BCUT2D eigenvalue weighted by Crippen LogP contribution is -2.50. The summed E-state index contributed by atoms with van der Waals surface area (Å²) in [7, 11) is 0. The van der Waals surface area contributed by atoms with Gasteiger partial charge in [-0.2, -0.15) is 4.98 Å². The van der Waals surface area contributed by atoms with E-state index in [1.807, 2.05) is 51.1 Å². The number of benzene rings is 3. The Hall–Kier alpha value is -4.57. The fourth-order valence-corrected chi connectivity index (χ4v) is 4.88. The summed E-state index contributed by atoms with van der Waals surface area (Å²) in [5.41, 5.74) is 4.06. The van der Waals surface area contributed by atoms with E-state index in [0.29, 0.717) is 30.3 Å². The molecule has 9 nitrogen and oxygen atoms in total. The first-order chi connectivity index (χ1) is 20.2. The third-order valence-corrected chi connectivity index (χ3v) is 7.09. The third-order valence-electron chi connectivity index (χ3n) is 7.09. The van der Waals surface area contributed by atoms with Crippen molar-refractivity contribution in [3.8, 4) is 0 Å². The molecule has 2 amide bonds. The van der Waals surface area contributed by atoms with E-state index in [4.69, 9.17) is 9.97 Å². The second kappa shape index (κ2) is 12.9. The summed E-state index contributed by atoms with van der Waals surface area (Å²) in [4.78, 5) is 38.8. The normalized spacial score (nSPS) is 13.8. The quantitative estimate of drug-likeness (QED) is 0.271. The predicted octanol–water partition coefficient (Wildman–Crippen LogP) is 4.59. The van der Waals surface area contributed by atoms with Crippen molar-refractivity contribution in [2.75, 3.05) is 48.3 Å². The molecule has 3 N–H and O–H groups in total. The van der Waals surface area contributed by atoms with Gasteiger partial charge in [0.25, 0.3) is 5.91 Å². The van der Waals surface area contributed by atoms with E-state index in [1.54, 1.807) is 0 Å². The van der Waals surface area contributed by atoms with Crippen molar-refractivity contribution in [2.45, 2.75) is 33.4 Å². The SMILES string of the molecule is Cc1ccc2c(NCc3ccc(NC(=O)c4ccc(F)cc4)cc3)nc(N3CCN(CC(=O)NC(C)C)CC3)nc2c1. The molecule has 3 aromatic carbocycles. The van der Waals surface area contributed by atoms with Gasteiger partial charge in [0, 0.05) is 55.4 Å². The lowest BCUT2D eigenvalue weighted by molar-refractivity contribution is -0.122. The molecule has 0 unspecified atom stereocenters. The van der Waals surface area contributed by atoms with Crippen LogP contribution in [-0.4, -0.2) is 65.4 Å². The largest absolute Gasteiger partial charge is 0.365 e. The van der Waals surface area contributed by atoms with Crippen LogP contribution in [0.25, 0.3) is 10.9 Å². The number of piperazine rings is 1. The molecule has 10 heteroatoms. The highest BCUT2D eigenvalue weighted by Crippen LogP contribution is 2.26. The molecular formula is C32H36FN7O2. The summed E-state index contributed by atoms with van der Waals surface area (Å²) < 4.78 is 13.2. The van der Waals surface area contributed by atoms with Gasteiger partial charge >= 0.3 is 0 Å². The average Bonchev–Trinajstić information content (AvgIpc) is 2.96. The maximum atomic E-state index is 13.2. The van der Waals surface area contributed by atoms with Gasteiger partial charge in [-0.25, -0.2) is 9.37 Å². The molecule has 0 aliphatic carbocycles. The number of fused-ring (bicyclic) bond motifs is 1. The van der Waals surface area contributed by atoms with Crippen LogP contribution in [0.2, 0.25) is 0 Å². The number of rotatable bonds is 9. The van der Waals surface area contributed by atoms with E-state index in [9.17, 15) is 14.0 Å². The minimum absolute atomic E-state index is 0.0469. The van der Waals surface area contributed by atoms with Gasteiger partial charge in [-0.05, 0) is 80.4 Å². The molecule has 0 atom stereocenters. The van der Waals surface area contributed by atoms with Crippen molar-refractivity contribution in [2.24, 2.45) is 0 Å². The van der Waals surface area contributed by atoms with Crippen LogP contribution < -0.4 is 20.9 Å². The first kappa shape index (κ1) is 28.9. The smallest absolute Gasteiger partial charge is 0.255 e. The van der Waals surface area contributed by atoms with Gasteiger partial charge in [0.2, 0.25) is 11.9 Å². The van der Waals surface area contributed by atoms with Crippen molar-refractivity contribution in [3.05, 3.63) is 89.2 Å². The Kier molecular flexibility index (Phi) is 8.92. The molecule has 1 fully saturated rings. The number of nitrogens with one attached hydrogen (secondary N) is 3. The summed E-state index contributed by atoms with van der Waals surface area (Å²) >= 11 is 0. The van der Waals surface area contributed by atoms with E-state index in [1.165, 1.54) is 24.3 Å². The Balaban J connectivity index is 1.25. The number of hydrogen-bond donors (Lipinski definition) is 3. The van der Waals surface area contributed by atoms with E-state index in [2.05, 4.69) is 37.9 Å². The van der Waals surface area contributed by atoms with Gasteiger partial charge in [-0.1, -0.05) is 18.2 Å². The maximum absolute atomic E-state index is 13.2. The highest BCUT2D eigenvalue weighted by Gasteiger charge is 2.22. The molecule has 1 saturated heterocycles. The molecule has 5 rings (SSSR count). The summed E-state index contributed by atoms with van der Waals surface area (Å²) in [6.45, 7) is 9.88. The minimum Gasteiger partial charge on any atom is -0.365 e. The van der Waals surface area contributed by atoms with Crippen molar-refractivity contribution < 1.29 is 14.0 Å². The van der Waals surface area contributed by atoms with Crippen molar-refractivity contribution in [1.82, 2.24) is 20.2 Å². The van der Waals surface area contributed by atoms with E-state index in [0.717, 1.165) is 54.0 Å². The second-order valence-corrected chi connectivity index (χ2v) is 10.9. The topological polar surface area (TPSA) is 102 Å². The standard InChI is InChI=1S/C32H36FN7O2/c1-21(2)35-29(41)20-39-14-16-40(17-15-39)32-37-28-18-22(3)4-13-27(28)30(38-32)34-19-23-5-11-26(12-6-23)36-31(42)24-7-9-25(33)10-8-24/h4-13,18,21H,14-17,19-20H2,1-3H3,(H,35,41)(H,36,42)(H,34,37,38). The molecule has 1 aromatic heterocycles. The Morgan fingerprint density at radius 1 is 0.929 bits per heavy atom. The first-order valence-electron chi connectivity index (χ1n) is 14.2. The molecule has 1 aliphatic rings. The zero-order chi connectivity index (χ0) is 29.6. The van der Waals surface area contributed by atoms with Crippen LogP contribution in [-0.2, 0) is 11.3 Å². The van der Waals surface area contributed by atoms with Crippen LogP contribution >= 0.6 is 0 Å². The highest BCUT2D eigenvalue weighted by atomic mass is 19.1. The van der Waals surface area contributed by atoms with Crippen LogP contribution in [0.4, 0.5) is 21.8 Å². The van der Waals surface area contributed by atoms with Crippen LogP contribution in [0.1, 0.15) is 35.3 Å². The van der Waals surface area contributed by atoms with Crippen molar-refractivity contribution >= 4 is 40.2 Å². The van der Waals surface area contributed by atoms with E-state index < -0.39 is 0 Å². The van der Waals surface area contributed by atoms with Gasteiger partial charge in [0.05, 0.1) is 12.1 Å². The van der Waals surface area contributed by atoms with Crippen molar-refractivity contribution in [1.29, 1.82) is 0 Å². The van der Waals surface area contributed by atoms with E-state index in [-0.39, 0.29) is 23.7 Å². The molecule has 2 heterocycles. The number of carbonyl (C=O) groups excluding carboxylic acids is 2. The average molecular weight is 570 g/mol. The molecule has 218 valence electrons. The summed E-state index contributed by atoms with van der Waals surface area (Å²) in [6, 6.07) is 19.3. The minimum atomic E-state index is -0.382. The number of aryl methyl sites for hydroxylation is 1. The van der Waals surface area contributed by atoms with Gasteiger partial charge in [-0.3, -0.25) is 14.5 Å². The fraction of sp³-hybridized carbons (Fsp3) is 0.312. The summed E-state index contributed by atoms with van der Waals surface area (Å²) in [6.07, 6.45) is 0. The fourth-order valence-electron chi connectivity index (χ4n) is 4.88. The molecule has 42 heavy (non-hydrogen) atoms. The Labute approximate surface area is 245 Å². The summed E-state index contributed by atoms with van der Waals surface area (Å²) in [5, 5.41) is 10.2. The molecule has 0 saturated carbocycles. The second-order valence-electron chi connectivity index (χ2n) is 10.9. The van der Waals surface area contributed by atoms with Crippen molar-refractivity contribution in [3.63, 3.8) is 0 Å². The van der Waals surface area contributed by atoms with Crippen LogP contribution in [0.3, 0.4) is 0 Å². The molecular weight excluding hydrogens is 533 g/mol. The third kappa shape index (κ3) is 7.38. The molecule has 1 aliphatic heterocycles. The molecule has 0 radical (unpaired) electrons. The number of aromatic nitrogens is 2. The Morgan fingerprint density at radius 3 is 2.33 bits per heavy atom.